The maximum Gasteiger partial charge on any atom is 0.308 e. The van der Waals surface area contributed by atoms with Crippen LogP contribution in [0, 0.1) is 5.92 Å². The average Bonchev–Trinajstić information content (AvgIpc) is 2.47. The van der Waals surface area contributed by atoms with Gasteiger partial charge in [-0.3, -0.25) is 9.59 Å². The van der Waals surface area contributed by atoms with Crippen molar-refractivity contribution in [3.8, 4) is 11.5 Å². The molecule has 2 unspecified atom stereocenters. The second kappa shape index (κ2) is 6.03. The molecule has 1 fully saturated rings. The normalized spacial score (nSPS) is 21.9. The van der Waals surface area contributed by atoms with Crippen LogP contribution < -0.4 is 4.74 Å². The number of phenols is 1. The SMILES string of the molecule is COc1ccc(O)c(C(=O)N2CC(C(=O)O)CCC2C)c1. The first kappa shape index (κ1) is 15.2. The molecule has 6 heteroatoms. The number of ether oxygens (including phenoxy) is 1. The number of carbonyl (C=O) groups excluding carboxylic acids is 1. The number of carboxylic acids is 1. The number of hydrogen-bond acceptors (Lipinski definition) is 4. The van der Waals surface area contributed by atoms with E-state index >= 15 is 0 Å². The highest BCUT2D eigenvalue weighted by Gasteiger charge is 2.33. The first-order valence-corrected chi connectivity index (χ1v) is 6.84. The first-order valence-electron chi connectivity index (χ1n) is 6.84. The Balaban J connectivity index is 2.27. The predicted octanol–water partition coefficient (Wildman–Crippen LogP) is 1.73. The van der Waals surface area contributed by atoms with Crippen LogP contribution in [-0.2, 0) is 4.79 Å². The van der Waals surface area contributed by atoms with Crippen molar-refractivity contribution in [2.24, 2.45) is 5.92 Å². The number of rotatable bonds is 3. The Kier molecular flexibility index (Phi) is 4.35. The number of benzene rings is 1. The molecule has 1 aliphatic heterocycles. The molecule has 114 valence electrons. The van der Waals surface area contributed by atoms with E-state index in [0.717, 1.165) is 0 Å². The van der Waals surface area contributed by atoms with Crippen LogP contribution in [0.4, 0.5) is 0 Å². The summed E-state index contributed by atoms with van der Waals surface area (Å²) in [5.41, 5.74) is 0.132. The minimum atomic E-state index is -0.894. The van der Waals surface area contributed by atoms with Gasteiger partial charge in [-0.15, -0.1) is 0 Å². The van der Waals surface area contributed by atoms with Gasteiger partial charge in [0.15, 0.2) is 0 Å². The van der Waals surface area contributed by atoms with Gasteiger partial charge in [0.1, 0.15) is 11.5 Å². The molecule has 0 spiro atoms. The molecule has 1 aromatic carbocycles. The van der Waals surface area contributed by atoms with Gasteiger partial charge < -0.3 is 19.8 Å². The molecule has 2 N–H and O–H groups in total. The third-order valence-corrected chi connectivity index (χ3v) is 3.93. The van der Waals surface area contributed by atoms with E-state index in [0.29, 0.717) is 18.6 Å². The molecule has 1 saturated heterocycles. The molecular formula is C15H19NO5. The number of aliphatic carboxylic acids is 1. The number of amides is 1. The van der Waals surface area contributed by atoms with Gasteiger partial charge in [-0.1, -0.05) is 0 Å². The Morgan fingerprint density at radius 3 is 2.67 bits per heavy atom. The van der Waals surface area contributed by atoms with Crippen LogP contribution in [0.25, 0.3) is 0 Å². The van der Waals surface area contributed by atoms with Crippen molar-refractivity contribution in [2.75, 3.05) is 13.7 Å². The van der Waals surface area contributed by atoms with Gasteiger partial charge in [-0.05, 0) is 38.0 Å². The molecule has 2 atom stereocenters. The fraction of sp³-hybridized carbons (Fsp3) is 0.467. The van der Waals surface area contributed by atoms with Crippen LogP contribution in [-0.4, -0.2) is 46.7 Å². The fourth-order valence-electron chi connectivity index (χ4n) is 2.56. The number of piperidine rings is 1. The van der Waals surface area contributed by atoms with Crippen molar-refractivity contribution < 1.29 is 24.5 Å². The predicted molar refractivity (Wildman–Crippen MR) is 75.5 cm³/mol. The van der Waals surface area contributed by atoms with Crippen LogP contribution in [0.15, 0.2) is 18.2 Å². The topological polar surface area (TPSA) is 87.1 Å². The van der Waals surface area contributed by atoms with Crippen LogP contribution in [0.5, 0.6) is 11.5 Å². The molecule has 6 nitrogen and oxygen atoms in total. The van der Waals surface area contributed by atoms with E-state index in [9.17, 15) is 14.7 Å². The average molecular weight is 293 g/mol. The van der Waals surface area contributed by atoms with Crippen LogP contribution >= 0.6 is 0 Å². The van der Waals surface area contributed by atoms with Crippen molar-refractivity contribution >= 4 is 11.9 Å². The lowest BCUT2D eigenvalue weighted by Gasteiger charge is -2.36. The highest BCUT2D eigenvalue weighted by Crippen LogP contribution is 2.28. The highest BCUT2D eigenvalue weighted by atomic mass is 16.5. The van der Waals surface area contributed by atoms with Crippen molar-refractivity contribution in [3.05, 3.63) is 23.8 Å². The zero-order valence-corrected chi connectivity index (χ0v) is 12.1. The molecule has 21 heavy (non-hydrogen) atoms. The molecule has 1 aliphatic rings. The maximum atomic E-state index is 12.6. The maximum absolute atomic E-state index is 12.6. The molecule has 2 rings (SSSR count). The van der Waals surface area contributed by atoms with Crippen molar-refractivity contribution in [1.29, 1.82) is 0 Å². The third kappa shape index (κ3) is 3.09. The number of carboxylic acid groups (broad SMARTS) is 1. The van der Waals surface area contributed by atoms with Gasteiger partial charge in [0.05, 0.1) is 18.6 Å². The summed E-state index contributed by atoms with van der Waals surface area (Å²) < 4.78 is 5.06. The Labute approximate surface area is 122 Å². The second-order valence-corrected chi connectivity index (χ2v) is 5.30. The molecular weight excluding hydrogens is 274 g/mol. The number of phenolic OH excluding ortho intramolecular Hbond substituents is 1. The lowest BCUT2D eigenvalue weighted by Crippen LogP contribution is -2.47. The Morgan fingerprint density at radius 2 is 2.05 bits per heavy atom. The molecule has 0 bridgehead atoms. The van der Waals surface area contributed by atoms with Crippen LogP contribution in [0.1, 0.15) is 30.1 Å². The summed E-state index contributed by atoms with van der Waals surface area (Å²) in [5, 5.41) is 19.0. The Morgan fingerprint density at radius 1 is 1.33 bits per heavy atom. The number of methoxy groups -OCH3 is 1. The van der Waals surface area contributed by atoms with E-state index in [1.165, 1.54) is 24.1 Å². The van der Waals surface area contributed by atoms with Crippen molar-refractivity contribution in [2.45, 2.75) is 25.8 Å². The zero-order valence-electron chi connectivity index (χ0n) is 12.1. The summed E-state index contributed by atoms with van der Waals surface area (Å²) in [7, 11) is 1.48. The summed E-state index contributed by atoms with van der Waals surface area (Å²) in [5.74, 6) is -1.49. The minimum absolute atomic E-state index is 0.0568. The van der Waals surface area contributed by atoms with Gasteiger partial charge in [0, 0.05) is 12.6 Å². The van der Waals surface area contributed by atoms with Crippen molar-refractivity contribution in [3.63, 3.8) is 0 Å². The minimum Gasteiger partial charge on any atom is -0.507 e. The quantitative estimate of drug-likeness (QED) is 0.886. The van der Waals surface area contributed by atoms with E-state index in [1.54, 1.807) is 6.07 Å². The van der Waals surface area contributed by atoms with E-state index in [4.69, 9.17) is 9.84 Å². The van der Waals surface area contributed by atoms with Gasteiger partial charge in [0.2, 0.25) is 0 Å². The smallest absolute Gasteiger partial charge is 0.308 e. The van der Waals surface area contributed by atoms with Gasteiger partial charge >= 0.3 is 5.97 Å². The molecule has 1 amide bonds. The van der Waals surface area contributed by atoms with E-state index in [1.807, 2.05) is 6.92 Å². The molecule has 1 aromatic rings. The fourth-order valence-corrected chi connectivity index (χ4v) is 2.56. The first-order chi connectivity index (χ1) is 9.93. The largest absolute Gasteiger partial charge is 0.507 e. The number of nitrogens with zero attached hydrogens (tertiary/aromatic N) is 1. The summed E-state index contributed by atoms with van der Waals surface area (Å²) >= 11 is 0. The zero-order chi connectivity index (χ0) is 15.6. The monoisotopic (exact) mass is 293 g/mol. The van der Waals surface area contributed by atoms with Crippen LogP contribution in [0.2, 0.25) is 0 Å². The third-order valence-electron chi connectivity index (χ3n) is 3.93. The standard InChI is InChI=1S/C15H19NO5/c1-9-3-4-10(15(19)20)8-16(9)14(18)12-7-11(21-2)5-6-13(12)17/h5-7,9-10,17H,3-4,8H2,1-2H3,(H,19,20). The van der Waals surface area contributed by atoms with Gasteiger partial charge in [-0.25, -0.2) is 0 Å². The molecule has 1 heterocycles. The summed E-state index contributed by atoms with van der Waals surface area (Å²) in [6, 6.07) is 4.37. The van der Waals surface area contributed by atoms with Gasteiger partial charge in [0.25, 0.3) is 5.91 Å². The van der Waals surface area contributed by atoms with E-state index in [-0.39, 0.29) is 29.8 Å². The lowest BCUT2D eigenvalue weighted by molar-refractivity contribution is -0.143. The van der Waals surface area contributed by atoms with E-state index in [2.05, 4.69) is 0 Å². The molecule has 0 aliphatic carbocycles. The Bertz CT molecular complexity index is 557. The number of hydrogen-bond donors (Lipinski definition) is 2. The highest BCUT2D eigenvalue weighted by molar-refractivity contribution is 5.97. The van der Waals surface area contributed by atoms with Crippen molar-refractivity contribution in [1.82, 2.24) is 4.90 Å². The second-order valence-electron chi connectivity index (χ2n) is 5.30. The Hall–Kier alpha value is -2.24. The molecule has 0 saturated carbocycles. The summed E-state index contributed by atoms with van der Waals surface area (Å²) in [6.07, 6.45) is 1.19. The number of likely N-dealkylation sites (tertiary alicyclic amines) is 1. The molecule has 0 aromatic heterocycles. The summed E-state index contributed by atoms with van der Waals surface area (Å²) in [4.78, 5) is 25.2. The lowest BCUT2D eigenvalue weighted by atomic mass is 9.93. The van der Waals surface area contributed by atoms with Gasteiger partial charge in [-0.2, -0.15) is 0 Å². The molecule has 0 radical (unpaired) electrons. The number of carbonyl (C=O) groups is 2. The van der Waals surface area contributed by atoms with E-state index < -0.39 is 11.9 Å². The number of aromatic hydroxyl groups is 1. The van der Waals surface area contributed by atoms with Crippen LogP contribution in [0.3, 0.4) is 0 Å². The summed E-state index contributed by atoms with van der Waals surface area (Å²) in [6.45, 7) is 2.04.